The van der Waals surface area contributed by atoms with Gasteiger partial charge in [0.15, 0.2) is 0 Å². The normalized spacial score (nSPS) is 9.92. The molecule has 0 spiro atoms. The summed E-state index contributed by atoms with van der Waals surface area (Å²) in [5, 5.41) is -0.923. The number of carbonyl (C=O) groups is 1. The van der Waals surface area contributed by atoms with Crippen molar-refractivity contribution in [3.63, 3.8) is 0 Å². The fourth-order valence-corrected chi connectivity index (χ4v) is 0.807. The summed E-state index contributed by atoms with van der Waals surface area (Å²) in [6, 6.07) is 1.57. The molecule has 0 aliphatic rings. The van der Waals surface area contributed by atoms with Gasteiger partial charge < -0.3 is 5.73 Å². The SMILES string of the molecule is Nc1c(F)cc(C(=O)Cl)cc1F. The van der Waals surface area contributed by atoms with E-state index in [2.05, 4.69) is 0 Å². The molecule has 12 heavy (non-hydrogen) atoms. The van der Waals surface area contributed by atoms with Crippen molar-refractivity contribution in [3.8, 4) is 0 Å². The number of halogens is 3. The van der Waals surface area contributed by atoms with Crippen LogP contribution in [-0.4, -0.2) is 5.24 Å². The van der Waals surface area contributed by atoms with Gasteiger partial charge in [-0.15, -0.1) is 0 Å². The standard InChI is InChI=1S/C7H4ClF2NO/c8-7(12)3-1-4(9)6(11)5(10)2-3/h1-2H,11H2. The fourth-order valence-electron chi connectivity index (χ4n) is 0.698. The largest absolute Gasteiger partial charge is 0.394 e. The van der Waals surface area contributed by atoms with Crippen molar-refractivity contribution in [2.75, 3.05) is 5.73 Å². The van der Waals surface area contributed by atoms with E-state index in [1.807, 2.05) is 0 Å². The monoisotopic (exact) mass is 191 g/mol. The molecule has 1 aromatic rings. The molecule has 64 valence electrons. The van der Waals surface area contributed by atoms with Crippen molar-refractivity contribution in [2.24, 2.45) is 0 Å². The molecule has 1 rings (SSSR count). The Morgan fingerprint density at radius 1 is 1.33 bits per heavy atom. The Bertz CT molecular complexity index is 317. The minimum atomic E-state index is -0.987. The number of hydrogen-bond donors (Lipinski definition) is 1. The summed E-state index contributed by atoms with van der Waals surface area (Å²) in [6.07, 6.45) is 0. The van der Waals surface area contributed by atoms with Gasteiger partial charge in [-0.25, -0.2) is 8.78 Å². The van der Waals surface area contributed by atoms with Crippen molar-refractivity contribution >= 4 is 22.5 Å². The lowest BCUT2D eigenvalue weighted by Crippen LogP contribution is -1.99. The summed E-state index contributed by atoms with van der Waals surface area (Å²) in [5.74, 6) is -1.97. The average Bonchev–Trinajstić information content (AvgIpc) is 1.99. The van der Waals surface area contributed by atoms with E-state index in [0.717, 1.165) is 12.1 Å². The molecule has 0 saturated carbocycles. The van der Waals surface area contributed by atoms with Crippen molar-refractivity contribution < 1.29 is 13.6 Å². The van der Waals surface area contributed by atoms with E-state index >= 15 is 0 Å². The van der Waals surface area contributed by atoms with E-state index in [1.54, 1.807) is 0 Å². The second-order valence-electron chi connectivity index (χ2n) is 2.13. The second-order valence-corrected chi connectivity index (χ2v) is 2.47. The van der Waals surface area contributed by atoms with Gasteiger partial charge in [-0.1, -0.05) is 0 Å². The van der Waals surface area contributed by atoms with Gasteiger partial charge in [-0.3, -0.25) is 4.79 Å². The lowest BCUT2D eigenvalue weighted by molar-refractivity contribution is 0.108. The van der Waals surface area contributed by atoms with Crippen LogP contribution in [0.2, 0.25) is 0 Å². The summed E-state index contributed by atoms with van der Waals surface area (Å²) in [5.41, 5.74) is 4.08. The lowest BCUT2D eigenvalue weighted by atomic mass is 10.2. The van der Waals surface area contributed by atoms with Crippen LogP contribution in [0.5, 0.6) is 0 Å². The summed E-state index contributed by atoms with van der Waals surface area (Å²) < 4.78 is 25.2. The molecule has 1 aromatic carbocycles. The first-order chi connectivity index (χ1) is 5.52. The van der Waals surface area contributed by atoms with E-state index in [1.165, 1.54) is 0 Å². The molecule has 0 aromatic heterocycles. The van der Waals surface area contributed by atoms with Gasteiger partial charge in [0, 0.05) is 5.56 Å². The predicted molar refractivity (Wildman–Crippen MR) is 41.0 cm³/mol. The Kier molecular flexibility index (Phi) is 2.28. The Morgan fingerprint density at radius 2 is 1.75 bits per heavy atom. The molecule has 5 heteroatoms. The highest BCUT2D eigenvalue weighted by molar-refractivity contribution is 6.67. The summed E-state index contributed by atoms with van der Waals surface area (Å²) in [7, 11) is 0. The number of rotatable bonds is 1. The molecule has 0 amide bonds. The Morgan fingerprint density at radius 3 is 2.08 bits per heavy atom. The highest BCUT2D eigenvalue weighted by atomic mass is 35.5. The molecular weight excluding hydrogens is 188 g/mol. The smallest absolute Gasteiger partial charge is 0.252 e. The molecule has 0 radical (unpaired) electrons. The minimum absolute atomic E-state index is 0.249. The molecule has 0 saturated heterocycles. The van der Waals surface area contributed by atoms with Crippen molar-refractivity contribution in [1.82, 2.24) is 0 Å². The number of hydrogen-bond acceptors (Lipinski definition) is 2. The van der Waals surface area contributed by atoms with E-state index in [9.17, 15) is 13.6 Å². The first-order valence-electron chi connectivity index (χ1n) is 2.96. The highest BCUT2D eigenvalue weighted by Gasteiger charge is 2.10. The van der Waals surface area contributed by atoms with Gasteiger partial charge in [-0.2, -0.15) is 0 Å². The molecule has 0 heterocycles. The predicted octanol–water partition coefficient (Wildman–Crippen LogP) is 1.93. The number of nitrogen functional groups attached to an aromatic ring is 1. The third-order valence-electron chi connectivity index (χ3n) is 1.31. The van der Waals surface area contributed by atoms with Crippen LogP contribution < -0.4 is 5.73 Å². The number of nitrogens with two attached hydrogens (primary N) is 1. The third kappa shape index (κ3) is 1.53. The van der Waals surface area contributed by atoms with Crippen LogP contribution in [0, 0.1) is 11.6 Å². The van der Waals surface area contributed by atoms with E-state index in [-0.39, 0.29) is 5.56 Å². The van der Waals surface area contributed by atoms with Crippen LogP contribution in [-0.2, 0) is 0 Å². The van der Waals surface area contributed by atoms with Crippen LogP contribution >= 0.6 is 11.6 Å². The molecule has 0 unspecified atom stereocenters. The maximum atomic E-state index is 12.6. The molecule has 2 nitrogen and oxygen atoms in total. The Balaban J connectivity index is 3.31. The summed E-state index contributed by atoms with van der Waals surface area (Å²) in [6.45, 7) is 0. The van der Waals surface area contributed by atoms with Gasteiger partial charge in [-0.05, 0) is 23.7 Å². The van der Waals surface area contributed by atoms with E-state index in [0.29, 0.717) is 0 Å². The molecular formula is C7H4ClF2NO. The highest BCUT2D eigenvalue weighted by Crippen LogP contribution is 2.18. The van der Waals surface area contributed by atoms with Gasteiger partial charge in [0.25, 0.3) is 5.24 Å². The number of anilines is 1. The van der Waals surface area contributed by atoms with E-state index < -0.39 is 22.6 Å². The van der Waals surface area contributed by atoms with Crippen LogP contribution in [0.15, 0.2) is 12.1 Å². The van der Waals surface area contributed by atoms with Gasteiger partial charge >= 0.3 is 0 Å². The molecule has 0 fully saturated rings. The van der Waals surface area contributed by atoms with Crippen LogP contribution in [0.1, 0.15) is 10.4 Å². The van der Waals surface area contributed by atoms with Gasteiger partial charge in [0.2, 0.25) is 0 Å². The molecule has 0 bridgehead atoms. The molecule has 2 N–H and O–H groups in total. The maximum absolute atomic E-state index is 12.6. The van der Waals surface area contributed by atoms with Crippen LogP contribution in [0.25, 0.3) is 0 Å². The second kappa shape index (κ2) is 3.06. The van der Waals surface area contributed by atoms with Crippen LogP contribution in [0.4, 0.5) is 14.5 Å². The van der Waals surface area contributed by atoms with Gasteiger partial charge in [0.1, 0.15) is 17.3 Å². The molecule has 0 aliphatic carbocycles. The van der Waals surface area contributed by atoms with E-state index in [4.69, 9.17) is 17.3 Å². The maximum Gasteiger partial charge on any atom is 0.252 e. The number of benzene rings is 1. The van der Waals surface area contributed by atoms with Crippen molar-refractivity contribution in [3.05, 3.63) is 29.3 Å². The molecule has 0 aliphatic heterocycles. The van der Waals surface area contributed by atoms with Crippen molar-refractivity contribution in [2.45, 2.75) is 0 Å². The lowest BCUT2D eigenvalue weighted by Gasteiger charge is -1.99. The Labute approximate surface area is 71.9 Å². The fraction of sp³-hybridized carbons (Fsp3) is 0. The van der Waals surface area contributed by atoms with Crippen molar-refractivity contribution in [1.29, 1.82) is 0 Å². The summed E-state index contributed by atoms with van der Waals surface area (Å²) >= 11 is 4.99. The Hall–Kier alpha value is -1.16. The number of carbonyl (C=O) groups excluding carboxylic acids is 1. The minimum Gasteiger partial charge on any atom is -0.394 e. The third-order valence-corrected chi connectivity index (χ3v) is 1.52. The quantitative estimate of drug-likeness (QED) is 0.545. The zero-order valence-electron chi connectivity index (χ0n) is 5.77. The van der Waals surface area contributed by atoms with Crippen LogP contribution in [0.3, 0.4) is 0 Å². The topological polar surface area (TPSA) is 43.1 Å². The zero-order valence-corrected chi connectivity index (χ0v) is 6.53. The first-order valence-corrected chi connectivity index (χ1v) is 3.34. The average molecular weight is 192 g/mol. The summed E-state index contributed by atoms with van der Waals surface area (Å²) in [4.78, 5) is 10.5. The first kappa shape index (κ1) is 8.93. The molecule has 0 atom stereocenters. The zero-order chi connectivity index (χ0) is 9.30. The van der Waals surface area contributed by atoms with Gasteiger partial charge in [0.05, 0.1) is 0 Å².